The van der Waals surface area contributed by atoms with Crippen molar-refractivity contribution in [2.24, 2.45) is 12.8 Å². The maximum absolute atomic E-state index is 6.86. The quantitative estimate of drug-likeness (QED) is 0.598. The molecule has 26 heavy (non-hydrogen) atoms. The fourth-order valence-electron chi connectivity index (χ4n) is 4.34. The van der Waals surface area contributed by atoms with Crippen molar-refractivity contribution in [2.75, 3.05) is 0 Å². The molecule has 1 aliphatic carbocycles. The number of hydrogen-bond donors (Lipinski definition) is 1. The zero-order valence-electron chi connectivity index (χ0n) is 14.9. The minimum Gasteiger partial charge on any atom is -0.330 e. The van der Waals surface area contributed by atoms with Crippen molar-refractivity contribution >= 4 is 21.9 Å². The maximum Gasteiger partial charge on any atom is 0.131 e. The van der Waals surface area contributed by atoms with E-state index in [9.17, 15) is 0 Å². The lowest BCUT2D eigenvalue weighted by Gasteiger charge is -2.24. The second-order valence-electron chi connectivity index (χ2n) is 7.17. The first-order valence-electron chi connectivity index (χ1n) is 9.31. The Kier molecular flexibility index (Phi) is 3.54. The molecule has 4 heteroatoms. The number of aryl methyl sites for hydroxylation is 2. The van der Waals surface area contributed by atoms with Crippen LogP contribution >= 0.6 is 0 Å². The van der Waals surface area contributed by atoms with Crippen LogP contribution < -0.4 is 5.73 Å². The monoisotopic (exact) mass is 342 g/mol. The summed E-state index contributed by atoms with van der Waals surface area (Å²) in [7, 11) is 2.06. The zero-order valence-corrected chi connectivity index (χ0v) is 14.9. The standard InChI is InChI=1S/C22H22N4/c1-26-19-13-7-6-12-18(19)25-22(26)21(23)20-14-8-2-4-10-16(14)24-17-11-5-3-9-15(17)20/h2,4,6-8,10,12-13,21H,3,5,9,11,23H2,1H3. The van der Waals surface area contributed by atoms with Crippen LogP contribution in [0.1, 0.15) is 41.5 Å². The Hall–Kier alpha value is -2.72. The first kappa shape index (κ1) is 15.5. The van der Waals surface area contributed by atoms with E-state index in [4.69, 9.17) is 15.7 Å². The molecule has 0 radical (unpaired) electrons. The number of nitrogens with zero attached hydrogens (tertiary/aromatic N) is 3. The third kappa shape index (κ3) is 2.26. The lowest BCUT2D eigenvalue weighted by atomic mass is 9.86. The molecule has 2 aromatic heterocycles. The van der Waals surface area contributed by atoms with E-state index in [1.165, 1.54) is 29.7 Å². The van der Waals surface area contributed by atoms with E-state index in [1.807, 2.05) is 18.2 Å². The normalized spacial score (nSPS) is 15.3. The van der Waals surface area contributed by atoms with E-state index >= 15 is 0 Å². The lowest BCUT2D eigenvalue weighted by molar-refractivity contribution is 0.649. The highest BCUT2D eigenvalue weighted by Gasteiger charge is 2.25. The fraction of sp³-hybridized carbons (Fsp3) is 0.273. The third-order valence-corrected chi connectivity index (χ3v) is 5.62. The molecule has 0 bridgehead atoms. The molecule has 1 atom stereocenters. The summed E-state index contributed by atoms with van der Waals surface area (Å²) in [5.41, 5.74) is 13.8. The van der Waals surface area contributed by atoms with Gasteiger partial charge in [-0.2, -0.15) is 0 Å². The number of imidazole rings is 1. The van der Waals surface area contributed by atoms with Gasteiger partial charge in [0.1, 0.15) is 5.82 Å². The number of fused-ring (bicyclic) bond motifs is 3. The number of nitrogens with two attached hydrogens (primary N) is 1. The van der Waals surface area contributed by atoms with E-state index in [1.54, 1.807) is 0 Å². The molecule has 2 heterocycles. The highest BCUT2D eigenvalue weighted by Crippen LogP contribution is 2.35. The van der Waals surface area contributed by atoms with E-state index in [2.05, 4.69) is 41.9 Å². The van der Waals surface area contributed by atoms with Gasteiger partial charge in [-0.05, 0) is 55.0 Å². The largest absolute Gasteiger partial charge is 0.330 e. The van der Waals surface area contributed by atoms with Crippen LogP contribution in [0.4, 0.5) is 0 Å². The van der Waals surface area contributed by atoms with E-state index in [0.29, 0.717) is 0 Å². The summed E-state index contributed by atoms with van der Waals surface area (Å²) in [6, 6.07) is 16.3. The SMILES string of the molecule is Cn1c(C(N)c2c3c(nc4ccccc24)CCCC3)nc2ccccc21. The molecule has 0 aliphatic heterocycles. The second kappa shape index (κ2) is 5.92. The van der Waals surface area contributed by atoms with E-state index in [0.717, 1.165) is 40.6 Å². The van der Waals surface area contributed by atoms with Gasteiger partial charge in [-0.15, -0.1) is 0 Å². The Balaban J connectivity index is 1.78. The smallest absolute Gasteiger partial charge is 0.131 e. The summed E-state index contributed by atoms with van der Waals surface area (Å²) >= 11 is 0. The molecule has 4 nitrogen and oxygen atoms in total. The molecule has 1 unspecified atom stereocenters. The van der Waals surface area contributed by atoms with Gasteiger partial charge in [0.05, 0.1) is 22.6 Å². The number of benzene rings is 2. The van der Waals surface area contributed by atoms with E-state index in [-0.39, 0.29) is 6.04 Å². The maximum atomic E-state index is 6.86. The predicted octanol–water partition coefficient (Wildman–Crippen LogP) is 4.05. The average Bonchev–Trinajstić information content (AvgIpc) is 3.02. The molecule has 130 valence electrons. The van der Waals surface area contributed by atoms with Gasteiger partial charge in [0, 0.05) is 18.1 Å². The first-order chi connectivity index (χ1) is 12.7. The van der Waals surface area contributed by atoms with Gasteiger partial charge >= 0.3 is 0 Å². The molecule has 2 aromatic carbocycles. The van der Waals surface area contributed by atoms with Crippen molar-refractivity contribution in [3.05, 3.63) is 71.2 Å². The molecule has 0 spiro atoms. The molecule has 4 aromatic rings. The predicted molar refractivity (Wildman–Crippen MR) is 105 cm³/mol. The fourth-order valence-corrected chi connectivity index (χ4v) is 4.34. The molecule has 0 amide bonds. The van der Waals surface area contributed by atoms with Crippen molar-refractivity contribution < 1.29 is 0 Å². The third-order valence-electron chi connectivity index (χ3n) is 5.62. The lowest BCUT2D eigenvalue weighted by Crippen LogP contribution is -2.21. The molecule has 1 aliphatic rings. The van der Waals surface area contributed by atoms with Crippen LogP contribution in [-0.4, -0.2) is 14.5 Å². The molecule has 0 saturated carbocycles. The number of para-hydroxylation sites is 3. The Bertz CT molecular complexity index is 1130. The van der Waals surface area contributed by atoms with Crippen molar-refractivity contribution in [2.45, 2.75) is 31.7 Å². The van der Waals surface area contributed by atoms with Gasteiger partial charge < -0.3 is 10.3 Å². The van der Waals surface area contributed by atoms with Crippen LogP contribution in [0.5, 0.6) is 0 Å². The second-order valence-corrected chi connectivity index (χ2v) is 7.17. The summed E-state index contributed by atoms with van der Waals surface area (Å²) < 4.78 is 2.13. The molecule has 0 fully saturated rings. The molecular formula is C22H22N4. The minimum absolute atomic E-state index is 0.257. The van der Waals surface area contributed by atoms with Crippen molar-refractivity contribution in [3.63, 3.8) is 0 Å². The number of rotatable bonds is 2. The molecule has 5 rings (SSSR count). The van der Waals surface area contributed by atoms with Crippen molar-refractivity contribution in [1.29, 1.82) is 0 Å². The van der Waals surface area contributed by atoms with E-state index < -0.39 is 0 Å². The van der Waals surface area contributed by atoms with Crippen LogP contribution in [0.2, 0.25) is 0 Å². The summed E-state index contributed by atoms with van der Waals surface area (Å²) in [5, 5.41) is 1.16. The molecular weight excluding hydrogens is 320 g/mol. The highest BCUT2D eigenvalue weighted by molar-refractivity contribution is 5.85. The Labute approximate surface area is 152 Å². The Morgan fingerprint density at radius 1 is 0.923 bits per heavy atom. The van der Waals surface area contributed by atoms with Gasteiger partial charge in [0.25, 0.3) is 0 Å². The van der Waals surface area contributed by atoms with Crippen LogP contribution in [0, 0.1) is 0 Å². The molecule has 0 saturated heterocycles. The number of aromatic nitrogens is 3. The van der Waals surface area contributed by atoms with Crippen LogP contribution in [-0.2, 0) is 19.9 Å². The van der Waals surface area contributed by atoms with Crippen molar-refractivity contribution in [3.8, 4) is 0 Å². The van der Waals surface area contributed by atoms with Gasteiger partial charge in [-0.1, -0.05) is 30.3 Å². The van der Waals surface area contributed by atoms with Crippen molar-refractivity contribution in [1.82, 2.24) is 14.5 Å². The topological polar surface area (TPSA) is 56.7 Å². The number of hydrogen-bond acceptors (Lipinski definition) is 3. The Morgan fingerprint density at radius 3 is 2.50 bits per heavy atom. The summed E-state index contributed by atoms with van der Waals surface area (Å²) in [5.74, 6) is 0.912. The van der Waals surface area contributed by atoms with Gasteiger partial charge in [0.2, 0.25) is 0 Å². The minimum atomic E-state index is -0.257. The highest BCUT2D eigenvalue weighted by atomic mass is 15.1. The van der Waals surface area contributed by atoms with Gasteiger partial charge in [0.15, 0.2) is 0 Å². The summed E-state index contributed by atoms with van der Waals surface area (Å²) in [6.07, 6.45) is 4.51. The van der Waals surface area contributed by atoms with Gasteiger partial charge in [-0.3, -0.25) is 4.98 Å². The van der Waals surface area contributed by atoms with Crippen LogP contribution in [0.3, 0.4) is 0 Å². The summed E-state index contributed by atoms with van der Waals surface area (Å²) in [6.45, 7) is 0. The summed E-state index contributed by atoms with van der Waals surface area (Å²) in [4.78, 5) is 9.80. The average molecular weight is 342 g/mol. The van der Waals surface area contributed by atoms with Crippen LogP contribution in [0.25, 0.3) is 21.9 Å². The van der Waals surface area contributed by atoms with Gasteiger partial charge in [-0.25, -0.2) is 4.98 Å². The zero-order chi connectivity index (χ0) is 17.7. The Morgan fingerprint density at radius 2 is 1.65 bits per heavy atom. The number of pyridine rings is 1. The van der Waals surface area contributed by atoms with Crippen LogP contribution in [0.15, 0.2) is 48.5 Å². The molecule has 2 N–H and O–H groups in total. The first-order valence-corrected chi connectivity index (χ1v) is 9.31.